The smallest absolute Gasteiger partial charge is 0.329 e. The number of benzene rings is 2. The minimum absolute atomic E-state index is 0.0882. The number of ether oxygens (including phenoxy) is 2. The van der Waals surface area contributed by atoms with Crippen molar-refractivity contribution in [2.45, 2.75) is 26.8 Å². The lowest BCUT2D eigenvalue weighted by atomic mass is 10.0. The molecule has 1 amide bonds. The summed E-state index contributed by atoms with van der Waals surface area (Å²) >= 11 is 5.82. The molecular formula is C21H24ClNO4. The van der Waals surface area contributed by atoms with E-state index in [0.717, 1.165) is 5.56 Å². The second-order valence-corrected chi connectivity index (χ2v) is 6.92. The van der Waals surface area contributed by atoms with Gasteiger partial charge in [-0.05, 0) is 48.7 Å². The van der Waals surface area contributed by atoms with Gasteiger partial charge in [0.05, 0.1) is 0 Å². The molecule has 0 bridgehead atoms. The number of carbonyl (C=O) groups excluding carboxylic acids is 2. The molecule has 0 aromatic heterocycles. The van der Waals surface area contributed by atoms with E-state index < -0.39 is 12.0 Å². The van der Waals surface area contributed by atoms with Gasteiger partial charge in [0.1, 0.15) is 25.0 Å². The first-order valence-corrected chi connectivity index (χ1v) is 9.17. The third-order valence-electron chi connectivity index (χ3n) is 4.01. The molecule has 0 aliphatic carbocycles. The molecule has 0 radical (unpaired) electrons. The van der Waals surface area contributed by atoms with Crippen LogP contribution in [0.2, 0.25) is 5.02 Å². The molecule has 0 heterocycles. The Kier molecular flexibility index (Phi) is 7.67. The van der Waals surface area contributed by atoms with Gasteiger partial charge in [-0.15, -0.1) is 0 Å². The molecule has 0 saturated heterocycles. The Labute approximate surface area is 164 Å². The number of hydrogen-bond acceptors (Lipinski definition) is 4. The number of esters is 1. The van der Waals surface area contributed by atoms with Gasteiger partial charge in [0.15, 0.2) is 0 Å². The first-order chi connectivity index (χ1) is 12.9. The average molecular weight is 390 g/mol. The molecule has 2 aromatic rings. The summed E-state index contributed by atoms with van der Waals surface area (Å²) in [6.45, 7) is 5.86. The molecule has 0 aliphatic heterocycles. The maximum absolute atomic E-state index is 12.5. The molecule has 6 heteroatoms. The second-order valence-electron chi connectivity index (χ2n) is 6.48. The van der Waals surface area contributed by atoms with Crippen LogP contribution in [0.4, 0.5) is 0 Å². The number of amides is 1. The molecule has 0 spiro atoms. The third-order valence-corrected chi connectivity index (χ3v) is 4.26. The lowest BCUT2D eigenvalue weighted by Gasteiger charge is -2.21. The topological polar surface area (TPSA) is 64.6 Å². The molecule has 27 heavy (non-hydrogen) atoms. The highest BCUT2D eigenvalue weighted by Gasteiger charge is 2.26. The van der Waals surface area contributed by atoms with Crippen LogP contribution in [0.5, 0.6) is 5.75 Å². The minimum Gasteiger partial charge on any atom is -0.490 e. The van der Waals surface area contributed by atoms with Gasteiger partial charge in [-0.1, -0.05) is 43.6 Å². The number of hydrogen-bond donors (Lipinski definition) is 1. The van der Waals surface area contributed by atoms with Crippen molar-refractivity contribution >= 4 is 23.5 Å². The molecule has 0 fully saturated rings. The van der Waals surface area contributed by atoms with Gasteiger partial charge in [-0.3, -0.25) is 4.79 Å². The van der Waals surface area contributed by atoms with Gasteiger partial charge in [-0.2, -0.15) is 0 Å². The van der Waals surface area contributed by atoms with Gasteiger partial charge >= 0.3 is 5.97 Å². The number of aryl methyl sites for hydroxylation is 1. The highest BCUT2D eigenvalue weighted by atomic mass is 35.5. The van der Waals surface area contributed by atoms with Crippen molar-refractivity contribution in [1.82, 2.24) is 5.32 Å². The van der Waals surface area contributed by atoms with Crippen LogP contribution in [0.25, 0.3) is 0 Å². The predicted octanol–water partition coefficient (Wildman–Crippen LogP) is 4.03. The van der Waals surface area contributed by atoms with Crippen LogP contribution in [0.1, 0.15) is 29.8 Å². The fraction of sp³-hybridized carbons (Fsp3) is 0.333. The van der Waals surface area contributed by atoms with Crippen molar-refractivity contribution in [3.63, 3.8) is 0 Å². The SMILES string of the molecule is Cc1ccccc1C(=O)N[C@H](C(=O)OCCOc1ccc(Cl)cc1)C(C)C. The Bertz CT molecular complexity index is 774. The van der Waals surface area contributed by atoms with Crippen molar-refractivity contribution in [2.24, 2.45) is 5.92 Å². The summed E-state index contributed by atoms with van der Waals surface area (Å²) in [4.78, 5) is 24.9. The Balaban J connectivity index is 1.86. The molecule has 0 saturated carbocycles. The lowest BCUT2D eigenvalue weighted by Crippen LogP contribution is -2.45. The van der Waals surface area contributed by atoms with Gasteiger partial charge in [0.2, 0.25) is 0 Å². The minimum atomic E-state index is -0.729. The normalized spacial score (nSPS) is 11.7. The number of carbonyl (C=O) groups is 2. The average Bonchev–Trinajstić information content (AvgIpc) is 2.64. The Morgan fingerprint density at radius 3 is 2.33 bits per heavy atom. The maximum atomic E-state index is 12.5. The fourth-order valence-electron chi connectivity index (χ4n) is 2.47. The van der Waals surface area contributed by atoms with E-state index in [4.69, 9.17) is 21.1 Å². The van der Waals surface area contributed by atoms with Crippen molar-refractivity contribution in [3.8, 4) is 5.75 Å². The van der Waals surface area contributed by atoms with E-state index in [2.05, 4.69) is 5.32 Å². The molecule has 0 unspecified atom stereocenters. The highest BCUT2D eigenvalue weighted by molar-refractivity contribution is 6.30. The lowest BCUT2D eigenvalue weighted by molar-refractivity contribution is -0.147. The van der Waals surface area contributed by atoms with E-state index in [1.807, 2.05) is 32.9 Å². The maximum Gasteiger partial charge on any atom is 0.329 e. The second kappa shape index (κ2) is 9.97. The van der Waals surface area contributed by atoms with E-state index >= 15 is 0 Å². The van der Waals surface area contributed by atoms with Crippen LogP contribution in [-0.4, -0.2) is 31.1 Å². The number of halogens is 1. The molecule has 2 aromatic carbocycles. The Morgan fingerprint density at radius 2 is 1.70 bits per heavy atom. The first-order valence-electron chi connectivity index (χ1n) is 8.80. The van der Waals surface area contributed by atoms with Crippen LogP contribution in [0.15, 0.2) is 48.5 Å². The standard InChI is InChI=1S/C21H24ClNO4/c1-14(2)19(23-20(24)18-7-5-4-6-15(18)3)21(25)27-13-12-26-17-10-8-16(22)9-11-17/h4-11,14,19H,12-13H2,1-3H3,(H,23,24)/t19-/m0/s1. The molecule has 2 rings (SSSR count). The zero-order valence-corrected chi connectivity index (χ0v) is 16.5. The van der Waals surface area contributed by atoms with Crippen LogP contribution < -0.4 is 10.1 Å². The van der Waals surface area contributed by atoms with Crippen molar-refractivity contribution in [2.75, 3.05) is 13.2 Å². The van der Waals surface area contributed by atoms with E-state index in [0.29, 0.717) is 16.3 Å². The van der Waals surface area contributed by atoms with Crippen LogP contribution >= 0.6 is 11.6 Å². The molecule has 1 atom stereocenters. The van der Waals surface area contributed by atoms with Crippen molar-refractivity contribution < 1.29 is 19.1 Å². The molecule has 1 N–H and O–H groups in total. The summed E-state index contributed by atoms with van der Waals surface area (Å²) in [5.74, 6) is -0.237. The number of nitrogens with one attached hydrogen (secondary N) is 1. The molecule has 5 nitrogen and oxygen atoms in total. The molecule has 144 valence electrons. The van der Waals surface area contributed by atoms with Crippen LogP contribution in [0, 0.1) is 12.8 Å². The highest BCUT2D eigenvalue weighted by Crippen LogP contribution is 2.15. The zero-order chi connectivity index (χ0) is 19.8. The summed E-state index contributed by atoms with van der Waals surface area (Å²) in [7, 11) is 0. The van der Waals surface area contributed by atoms with Gasteiger partial charge < -0.3 is 14.8 Å². The van der Waals surface area contributed by atoms with E-state index in [1.165, 1.54) is 0 Å². The largest absolute Gasteiger partial charge is 0.490 e. The van der Waals surface area contributed by atoms with Crippen LogP contribution in [0.3, 0.4) is 0 Å². The molecular weight excluding hydrogens is 366 g/mol. The third kappa shape index (κ3) is 6.29. The van der Waals surface area contributed by atoms with Crippen molar-refractivity contribution in [1.29, 1.82) is 0 Å². The van der Waals surface area contributed by atoms with E-state index in [9.17, 15) is 9.59 Å². The van der Waals surface area contributed by atoms with E-state index in [1.54, 1.807) is 36.4 Å². The quantitative estimate of drug-likeness (QED) is 0.547. The van der Waals surface area contributed by atoms with Gasteiger partial charge in [0, 0.05) is 10.6 Å². The Morgan fingerprint density at radius 1 is 1.04 bits per heavy atom. The summed E-state index contributed by atoms with van der Waals surface area (Å²) in [5.41, 5.74) is 1.39. The summed E-state index contributed by atoms with van der Waals surface area (Å²) in [5, 5.41) is 3.39. The predicted molar refractivity (Wildman–Crippen MR) is 105 cm³/mol. The van der Waals surface area contributed by atoms with Gasteiger partial charge in [-0.25, -0.2) is 4.79 Å². The van der Waals surface area contributed by atoms with Gasteiger partial charge in [0.25, 0.3) is 5.91 Å². The van der Waals surface area contributed by atoms with Crippen LogP contribution in [-0.2, 0) is 9.53 Å². The first kappa shape index (κ1) is 20.8. The van der Waals surface area contributed by atoms with E-state index in [-0.39, 0.29) is 25.0 Å². The Hall–Kier alpha value is -2.53. The summed E-state index contributed by atoms with van der Waals surface area (Å²) in [6, 6.07) is 13.4. The zero-order valence-electron chi connectivity index (χ0n) is 15.7. The fourth-order valence-corrected chi connectivity index (χ4v) is 2.59. The summed E-state index contributed by atoms with van der Waals surface area (Å²) < 4.78 is 10.8. The van der Waals surface area contributed by atoms with Crippen molar-refractivity contribution in [3.05, 3.63) is 64.7 Å². The summed E-state index contributed by atoms with van der Waals surface area (Å²) in [6.07, 6.45) is 0. The monoisotopic (exact) mass is 389 g/mol. The molecule has 0 aliphatic rings. The number of rotatable bonds is 8.